The topological polar surface area (TPSA) is 47.3 Å². The van der Waals surface area contributed by atoms with Crippen molar-refractivity contribution >= 4 is 0 Å². The van der Waals surface area contributed by atoms with Crippen molar-refractivity contribution in [2.24, 2.45) is 5.41 Å². The molecular weight excluding hydrogens is 260 g/mol. The first-order chi connectivity index (χ1) is 10.0. The number of likely N-dealkylation sites (tertiary alicyclic amines) is 1. The highest BCUT2D eigenvalue weighted by atomic mass is 16.3. The van der Waals surface area contributed by atoms with Crippen LogP contribution >= 0.6 is 0 Å². The van der Waals surface area contributed by atoms with E-state index in [1.54, 1.807) is 0 Å². The SMILES string of the molecule is CC(C)N1CCCC(O)(C2(C#N)CCCCCCC2)CC1. The average Bonchev–Trinajstić information content (AvgIpc) is 2.62. The first-order valence-corrected chi connectivity index (χ1v) is 8.91. The second-order valence-corrected chi connectivity index (χ2v) is 7.48. The third kappa shape index (κ3) is 3.60. The van der Waals surface area contributed by atoms with Crippen LogP contribution in [-0.4, -0.2) is 34.7 Å². The van der Waals surface area contributed by atoms with E-state index in [0.717, 1.165) is 58.0 Å². The van der Waals surface area contributed by atoms with E-state index in [-0.39, 0.29) is 0 Å². The van der Waals surface area contributed by atoms with Crippen LogP contribution in [0.1, 0.15) is 78.1 Å². The molecule has 1 saturated carbocycles. The van der Waals surface area contributed by atoms with Gasteiger partial charge in [0.05, 0.1) is 17.1 Å². The Morgan fingerprint density at radius 3 is 2.10 bits per heavy atom. The van der Waals surface area contributed by atoms with Crippen LogP contribution in [-0.2, 0) is 0 Å². The van der Waals surface area contributed by atoms with Crippen molar-refractivity contribution in [3.05, 3.63) is 0 Å². The standard InChI is InChI=1S/C18H32N2O/c1-16(2)20-13-8-11-18(21,12-14-20)17(15-19)9-6-4-3-5-7-10-17/h16,21H,3-14H2,1-2H3. The molecule has 2 aliphatic rings. The lowest BCUT2D eigenvalue weighted by atomic mass is 9.63. The van der Waals surface area contributed by atoms with Gasteiger partial charge in [0.15, 0.2) is 0 Å². The Morgan fingerprint density at radius 1 is 0.905 bits per heavy atom. The molecule has 0 bridgehead atoms. The summed E-state index contributed by atoms with van der Waals surface area (Å²) in [6.45, 7) is 6.43. The summed E-state index contributed by atoms with van der Waals surface area (Å²) in [6.07, 6.45) is 10.3. The molecule has 1 atom stereocenters. The van der Waals surface area contributed by atoms with Gasteiger partial charge in [-0.15, -0.1) is 0 Å². The van der Waals surface area contributed by atoms with E-state index in [0.29, 0.717) is 6.04 Å². The summed E-state index contributed by atoms with van der Waals surface area (Å²) >= 11 is 0. The van der Waals surface area contributed by atoms with Crippen LogP contribution in [0.4, 0.5) is 0 Å². The van der Waals surface area contributed by atoms with Crippen molar-refractivity contribution in [2.45, 2.75) is 89.7 Å². The van der Waals surface area contributed by atoms with E-state index >= 15 is 0 Å². The van der Waals surface area contributed by atoms with Crippen molar-refractivity contribution < 1.29 is 5.11 Å². The van der Waals surface area contributed by atoms with Gasteiger partial charge in [0, 0.05) is 12.6 Å². The van der Waals surface area contributed by atoms with Crippen LogP contribution in [0.5, 0.6) is 0 Å². The van der Waals surface area contributed by atoms with Gasteiger partial charge in [0.1, 0.15) is 0 Å². The third-order valence-corrected chi connectivity index (χ3v) is 5.89. The molecule has 21 heavy (non-hydrogen) atoms. The predicted octanol–water partition coefficient (Wildman–Crippen LogP) is 3.87. The van der Waals surface area contributed by atoms with E-state index in [2.05, 4.69) is 24.8 Å². The maximum Gasteiger partial charge on any atom is 0.0860 e. The number of nitrogens with zero attached hydrogens (tertiary/aromatic N) is 2. The van der Waals surface area contributed by atoms with Gasteiger partial charge in [-0.25, -0.2) is 0 Å². The molecular formula is C18H32N2O. The lowest BCUT2D eigenvalue weighted by Crippen LogP contribution is -2.48. The third-order valence-electron chi connectivity index (χ3n) is 5.89. The minimum Gasteiger partial charge on any atom is -0.388 e. The molecule has 0 aromatic heterocycles. The van der Waals surface area contributed by atoms with Gasteiger partial charge >= 0.3 is 0 Å². The predicted molar refractivity (Wildman–Crippen MR) is 85.9 cm³/mol. The molecule has 1 N–H and O–H groups in total. The lowest BCUT2D eigenvalue weighted by Gasteiger charge is -2.43. The van der Waals surface area contributed by atoms with Crippen molar-refractivity contribution in [1.29, 1.82) is 5.26 Å². The maximum atomic E-state index is 11.4. The van der Waals surface area contributed by atoms with Gasteiger partial charge in [0.2, 0.25) is 0 Å². The molecule has 1 heterocycles. The monoisotopic (exact) mass is 292 g/mol. The van der Waals surface area contributed by atoms with Crippen LogP contribution in [0.25, 0.3) is 0 Å². The maximum absolute atomic E-state index is 11.4. The van der Waals surface area contributed by atoms with Crippen molar-refractivity contribution in [2.75, 3.05) is 13.1 Å². The molecule has 3 heteroatoms. The van der Waals surface area contributed by atoms with E-state index in [1.165, 1.54) is 19.3 Å². The van der Waals surface area contributed by atoms with E-state index < -0.39 is 11.0 Å². The quantitative estimate of drug-likeness (QED) is 0.840. The van der Waals surface area contributed by atoms with Gasteiger partial charge in [-0.2, -0.15) is 5.26 Å². The zero-order valence-electron chi connectivity index (χ0n) is 13.9. The van der Waals surface area contributed by atoms with Crippen LogP contribution in [0.3, 0.4) is 0 Å². The molecule has 0 aromatic carbocycles. The zero-order chi connectivity index (χ0) is 15.3. The van der Waals surface area contributed by atoms with E-state index in [1.807, 2.05) is 0 Å². The summed E-state index contributed by atoms with van der Waals surface area (Å²) in [5.74, 6) is 0. The second kappa shape index (κ2) is 7.11. The van der Waals surface area contributed by atoms with Gasteiger partial charge in [0.25, 0.3) is 0 Å². The molecule has 120 valence electrons. The first-order valence-electron chi connectivity index (χ1n) is 8.91. The van der Waals surface area contributed by atoms with Gasteiger partial charge in [-0.05, 0) is 52.5 Å². The summed E-state index contributed by atoms with van der Waals surface area (Å²) < 4.78 is 0. The Morgan fingerprint density at radius 2 is 1.52 bits per heavy atom. The van der Waals surface area contributed by atoms with Crippen molar-refractivity contribution in [3.63, 3.8) is 0 Å². The largest absolute Gasteiger partial charge is 0.388 e. The molecule has 0 spiro atoms. The fraction of sp³-hybridized carbons (Fsp3) is 0.944. The van der Waals surface area contributed by atoms with Crippen LogP contribution in [0, 0.1) is 16.7 Å². The fourth-order valence-corrected chi connectivity index (χ4v) is 4.33. The summed E-state index contributed by atoms with van der Waals surface area (Å²) in [5, 5.41) is 21.3. The number of nitriles is 1. The second-order valence-electron chi connectivity index (χ2n) is 7.48. The molecule has 1 saturated heterocycles. The minimum absolute atomic E-state index is 0.500. The molecule has 3 nitrogen and oxygen atoms in total. The van der Waals surface area contributed by atoms with Gasteiger partial charge in [-0.3, -0.25) is 0 Å². The van der Waals surface area contributed by atoms with E-state index in [9.17, 15) is 10.4 Å². The highest BCUT2D eigenvalue weighted by molar-refractivity contribution is 5.12. The average molecular weight is 292 g/mol. The number of hydrogen-bond donors (Lipinski definition) is 1. The van der Waals surface area contributed by atoms with E-state index in [4.69, 9.17) is 0 Å². The van der Waals surface area contributed by atoms with Crippen LogP contribution in [0.2, 0.25) is 0 Å². The molecule has 0 aromatic rings. The fourth-order valence-electron chi connectivity index (χ4n) is 4.33. The van der Waals surface area contributed by atoms with Crippen molar-refractivity contribution in [1.82, 2.24) is 4.90 Å². The van der Waals surface area contributed by atoms with Gasteiger partial charge in [-0.1, -0.05) is 32.1 Å². The summed E-state index contributed by atoms with van der Waals surface area (Å²) in [5.41, 5.74) is -1.27. The summed E-state index contributed by atoms with van der Waals surface area (Å²) in [4.78, 5) is 2.45. The Bertz CT molecular complexity index is 366. The first kappa shape index (κ1) is 16.8. The van der Waals surface area contributed by atoms with Crippen LogP contribution < -0.4 is 0 Å². The summed E-state index contributed by atoms with van der Waals surface area (Å²) in [7, 11) is 0. The summed E-state index contributed by atoms with van der Waals surface area (Å²) in [6, 6.07) is 3.13. The van der Waals surface area contributed by atoms with Crippen molar-refractivity contribution in [3.8, 4) is 6.07 Å². The number of rotatable bonds is 2. The number of hydrogen-bond acceptors (Lipinski definition) is 3. The molecule has 0 amide bonds. The molecule has 2 fully saturated rings. The molecule has 1 unspecified atom stereocenters. The normalized spacial score (nSPS) is 32.0. The van der Waals surface area contributed by atoms with Gasteiger partial charge < -0.3 is 10.0 Å². The highest BCUT2D eigenvalue weighted by Gasteiger charge is 2.50. The molecule has 1 aliphatic heterocycles. The Kier molecular flexibility index (Phi) is 5.68. The molecule has 0 radical (unpaired) electrons. The molecule has 2 rings (SSSR count). The minimum atomic E-state index is -0.775. The highest BCUT2D eigenvalue weighted by Crippen LogP contribution is 2.47. The zero-order valence-corrected chi connectivity index (χ0v) is 13.9. The Labute approximate surface area is 130 Å². The number of aliphatic hydroxyl groups is 1. The Balaban J connectivity index is 2.16. The Hall–Kier alpha value is -0.590. The smallest absolute Gasteiger partial charge is 0.0860 e. The molecule has 1 aliphatic carbocycles. The lowest BCUT2D eigenvalue weighted by molar-refractivity contribution is -0.0782. The van der Waals surface area contributed by atoms with Crippen LogP contribution in [0.15, 0.2) is 0 Å².